The van der Waals surface area contributed by atoms with E-state index < -0.39 is 0 Å². The average Bonchev–Trinajstić information content (AvgIpc) is 3.75. The molecule has 6 heteroatoms. The number of nitrogens with zero attached hydrogens (tertiary/aromatic N) is 4. The van der Waals surface area contributed by atoms with Gasteiger partial charge in [-0.25, -0.2) is 9.97 Å². The molecule has 46 heavy (non-hydrogen) atoms. The first-order valence-corrected chi connectivity index (χ1v) is 15.5. The highest BCUT2D eigenvalue weighted by Gasteiger charge is 2.19. The van der Waals surface area contributed by atoms with Crippen LogP contribution in [0, 0.1) is 0 Å². The van der Waals surface area contributed by atoms with Gasteiger partial charge >= 0.3 is 0 Å². The minimum Gasteiger partial charge on any atom is -0.457 e. The van der Waals surface area contributed by atoms with Gasteiger partial charge in [-0.3, -0.25) is 9.13 Å². The van der Waals surface area contributed by atoms with E-state index in [1.54, 1.807) is 0 Å². The second-order valence-corrected chi connectivity index (χ2v) is 12.8. The Morgan fingerprint density at radius 3 is 2.24 bits per heavy atom. The van der Waals surface area contributed by atoms with Crippen LogP contribution in [0.15, 0.2) is 132 Å². The van der Waals surface area contributed by atoms with Crippen molar-refractivity contribution in [1.29, 1.82) is 0 Å². The Labute approximate surface area is 265 Å². The normalized spacial score (nSPS) is 12.2. The second kappa shape index (κ2) is 9.81. The molecule has 0 unspecified atom stereocenters. The summed E-state index contributed by atoms with van der Waals surface area (Å²) in [6.45, 7) is 6.66. The fourth-order valence-electron chi connectivity index (χ4n) is 6.51. The van der Waals surface area contributed by atoms with Gasteiger partial charge in [0.05, 0.1) is 27.8 Å². The highest BCUT2D eigenvalue weighted by atomic mass is 16.5. The average molecular weight is 599 g/mol. The van der Waals surface area contributed by atoms with Gasteiger partial charge in [-0.1, -0.05) is 69.3 Å². The summed E-state index contributed by atoms with van der Waals surface area (Å²) in [7, 11) is 0. The van der Waals surface area contributed by atoms with Crippen LogP contribution in [0.2, 0.25) is 0 Å². The largest absolute Gasteiger partial charge is 0.457 e. The maximum atomic E-state index is 6.68. The predicted molar refractivity (Wildman–Crippen MR) is 186 cm³/mol. The number of pyridine rings is 1. The minimum atomic E-state index is -0.0815. The van der Waals surface area contributed by atoms with Crippen molar-refractivity contribution >= 4 is 54.8 Å². The summed E-state index contributed by atoms with van der Waals surface area (Å²) in [5.41, 5.74) is 7.86. The maximum absolute atomic E-state index is 6.68. The van der Waals surface area contributed by atoms with Crippen molar-refractivity contribution in [1.82, 2.24) is 19.1 Å². The van der Waals surface area contributed by atoms with Crippen LogP contribution in [0.1, 0.15) is 26.3 Å². The Morgan fingerprint density at radius 1 is 0.609 bits per heavy atom. The van der Waals surface area contributed by atoms with Crippen molar-refractivity contribution in [2.24, 2.45) is 0 Å². The maximum Gasteiger partial charge on any atom is 0.141 e. The van der Waals surface area contributed by atoms with Crippen molar-refractivity contribution in [3.05, 3.63) is 133 Å². The first kappa shape index (κ1) is 26.5. The Balaban J connectivity index is 1.19. The van der Waals surface area contributed by atoms with Crippen LogP contribution >= 0.6 is 0 Å². The number of fused-ring (bicyclic) bond motifs is 7. The molecule has 0 aliphatic rings. The number of furan rings is 1. The lowest BCUT2D eigenvalue weighted by atomic mass is 9.86. The number of rotatable bonds is 4. The number of para-hydroxylation sites is 4. The molecule has 0 bridgehead atoms. The summed E-state index contributed by atoms with van der Waals surface area (Å²) in [6, 6.07) is 39.5. The van der Waals surface area contributed by atoms with Crippen molar-refractivity contribution in [3.8, 4) is 23.0 Å². The van der Waals surface area contributed by atoms with E-state index in [2.05, 4.69) is 102 Å². The Kier molecular flexibility index (Phi) is 5.66. The van der Waals surface area contributed by atoms with Gasteiger partial charge in [0.2, 0.25) is 0 Å². The Hall–Kier alpha value is -5.88. The molecule has 0 spiro atoms. The third-order valence-corrected chi connectivity index (χ3v) is 8.85. The minimum absolute atomic E-state index is 0.0815. The quantitative estimate of drug-likeness (QED) is 0.202. The van der Waals surface area contributed by atoms with Crippen LogP contribution in [0.4, 0.5) is 0 Å². The van der Waals surface area contributed by atoms with Gasteiger partial charge in [-0.2, -0.15) is 0 Å². The molecule has 0 atom stereocenters. The number of aromatic nitrogens is 4. The topological polar surface area (TPSA) is 58.0 Å². The molecule has 0 saturated carbocycles. The van der Waals surface area contributed by atoms with E-state index in [4.69, 9.17) is 14.1 Å². The molecule has 0 aliphatic heterocycles. The molecule has 4 aromatic heterocycles. The van der Waals surface area contributed by atoms with E-state index >= 15 is 0 Å². The SMILES string of the molecule is CC(C)(C)c1cc(Oc2ccc3c4ccccc4n(-c4cc5oc6ccccc6c5cn4)c3c2)cc(-n2cnc3ccccc32)c1. The number of hydrogen-bond acceptors (Lipinski definition) is 4. The Bertz CT molecular complexity index is 2620. The summed E-state index contributed by atoms with van der Waals surface area (Å²) in [5, 5.41) is 4.35. The lowest BCUT2D eigenvalue weighted by Gasteiger charge is -2.22. The molecule has 4 heterocycles. The summed E-state index contributed by atoms with van der Waals surface area (Å²) in [6.07, 6.45) is 3.79. The lowest BCUT2D eigenvalue weighted by molar-refractivity contribution is 0.479. The molecule has 5 aromatic carbocycles. The number of imidazole rings is 1. The van der Waals surface area contributed by atoms with Gasteiger partial charge in [-0.15, -0.1) is 0 Å². The van der Waals surface area contributed by atoms with Crippen LogP contribution in [0.3, 0.4) is 0 Å². The smallest absolute Gasteiger partial charge is 0.141 e. The van der Waals surface area contributed by atoms with Crippen LogP contribution in [-0.2, 0) is 5.41 Å². The fourth-order valence-corrected chi connectivity index (χ4v) is 6.51. The monoisotopic (exact) mass is 598 g/mol. The van der Waals surface area contributed by atoms with Crippen LogP contribution in [0.25, 0.3) is 66.3 Å². The van der Waals surface area contributed by atoms with Gasteiger partial charge < -0.3 is 9.15 Å². The van der Waals surface area contributed by atoms with Gasteiger partial charge in [0.25, 0.3) is 0 Å². The van der Waals surface area contributed by atoms with Crippen molar-refractivity contribution in [3.63, 3.8) is 0 Å². The van der Waals surface area contributed by atoms with Crippen LogP contribution < -0.4 is 4.74 Å². The number of benzene rings is 5. The van der Waals surface area contributed by atoms with E-state index in [1.807, 2.05) is 61.1 Å². The molecule has 0 amide bonds. The summed E-state index contributed by atoms with van der Waals surface area (Å²) >= 11 is 0. The van der Waals surface area contributed by atoms with E-state index in [9.17, 15) is 0 Å². The van der Waals surface area contributed by atoms with Crippen molar-refractivity contribution in [2.75, 3.05) is 0 Å². The second-order valence-electron chi connectivity index (χ2n) is 12.8. The molecule has 0 saturated heterocycles. The molecule has 222 valence electrons. The Morgan fingerprint density at radius 2 is 1.37 bits per heavy atom. The number of ether oxygens (including phenoxy) is 1. The first-order chi connectivity index (χ1) is 22.4. The summed E-state index contributed by atoms with van der Waals surface area (Å²) in [4.78, 5) is 9.57. The van der Waals surface area contributed by atoms with Crippen molar-refractivity contribution < 1.29 is 9.15 Å². The van der Waals surface area contributed by atoms with E-state index in [0.29, 0.717) is 0 Å². The zero-order chi connectivity index (χ0) is 31.0. The predicted octanol–water partition coefficient (Wildman–Crippen LogP) is 10.5. The molecular formula is C40H30N4O2. The zero-order valence-electron chi connectivity index (χ0n) is 25.7. The molecule has 9 aromatic rings. The lowest BCUT2D eigenvalue weighted by Crippen LogP contribution is -2.12. The standard InChI is InChI=1S/C40H30N4O2/c1-40(2,3)25-18-26(43-24-42-33-12-6-8-14-35(33)43)20-28(19-25)45-27-16-17-30-29-10-4-7-13-34(29)44(36(30)21-27)39-22-38-32(23-41-39)31-11-5-9-15-37(31)46-38/h4-24H,1-3H3. The van der Waals surface area contributed by atoms with Crippen molar-refractivity contribution in [2.45, 2.75) is 26.2 Å². The molecule has 0 N–H and O–H groups in total. The molecule has 9 rings (SSSR count). The molecule has 0 fully saturated rings. The van der Waals surface area contributed by atoms with E-state index in [0.717, 1.165) is 77.8 Å². The summed E-state index contributed by atoms with van der Waals surface area (Å²) in [5.74, 6) is 2.30. The van der Waals surface area contributed by atoms with E-state index in [1.165, 1.54) is 5.56 Å². The van der Waals surface area contributed by atoms with Gasteiger partial charge in [0.15, 0.2) is 0 Å². The summed E-state index contributed by atoms with van der Waals surface area (Å²) < 4.78 is 17.2. The van der Waals surface area contributed by atoms with E-state index in [-0.39, 0.29) is 5.41 Å². The number of hydrogen-bond donors (Lipinski definition) is 0. The molecular weight excluding hydrogens is 568 g/mol. The third-order valence-electron chi connectivity index (χ3n) is 8.85. The highest BCUT2D eigenvalue weighted by Crippen LogP contribution is 2.38. The van der Waals surface area contributed by atoms with Crippen LogP contribution in [0.5, 0.6) is 11.5 Å². The highest BCUT2D eigenvalue weighted by molar-refractivity contribution is 6.10. The van der Waals surface area contributed by atoms with Gasteiger partial charge in [0, 0.05) is 45.9 Å². The van der Waals surface area contributed by atoms with Crippen LogP contribution in [-0.4, -0.2) is 19.1 Å². The van der Waals surface area contributed by atoms with Gasteiger partial charge in [0.1, 0.15) is 34.8 Å². The third kappa shape index (κ3) is 4.18. The molecule has 0 aliphatic carbocycles. The zero-order valence-corrected chi connectivity index (χ0v) is 25.7. The van der Waals surface area contributed by atoms with Gasteiger partial charge in [-0.05, 0) is 59.5 Å². The molecule has 0 radical (unpaired) electrons. The molecule has 6 nitrogen and oxygen atoms in total. The fraction of sp³-hybridized carbons (Fsp3) is 0.100. The first-order valence-electron chi connectivity index (χ1n) is 15.5.